The van der Waals surface area contributed by atoms with E-state index in [0.717, 1.165) is 0 Å². The summed E-state index contributed by atoms with van der Waals surface area (Å²) in [7, 11) is 0. The number of benzene rings is 1. The van der Waals surface area contributed by atoms with E-state index in [1.807, 2.05) is 0 Å². The van der Waals surface area contributed by atoms with Crippen molar-refractivity contribution in [2.24, 2.45) is 0 Å². The average Bonchev–Trinajstić information content (AvgIpc) is 2.64. The van der Waals surface area contributed by atoms with Gasteiger partial charge in [-0.3, -0.25) is 4.79 Å². The van der Waals surface area contributed by atoms with Gasteiger partial charge in [-0.05, 0) is 12.1 Å². The molecule has 1 aromatic heterocycles. The van der Waals surface area contributed by atoms with Crippen molar-refractivity contribution in [3.8, 4) is 6.07 Å². The standard InChI is InChI=1S/C9H5N3O2/c10-4-9(13)12-6-1-2-7-8(3-6)14-5-11-7/h1-3,5H,(H,12,13). The fraction of sp³-hybridized carbons (Fsp3) is 0. The number of oxazole rings is 1. The van der Waals surface area contributed by atoms with Crippen LogP contribution in [0.3, 0.4) is 0 Å². The number of amides is 1. The molecular formula is C9H5N3O2. The Balaban J connectivity index is 2.35. The second-order valence-electron chi connectivity index (χ2n) is 2.60. The molecule has 1 aromatic carbocycles. The van der Waals surface area contributed by atoms with E-state index in [2.05, 4.69) is 10.3 Å². The number of carbonyl (C=O) groups is 1. The van der Waals surface area contributed by atoms with E-state index in [1.54, 1.807) is 18.2 Å². The third-order valence-electron chi connectivity index (χ3n) is 1.69. The summed E-state index contributed by atoms with van der Waals surface area (Å²) in [5, 5.41) is 10.7. The summed E-state index contributed by atoms with van der Waals surface area (Å²) in [6.45, 7) is 0. The topological polar surface area (TPSA) is 78.9 Å². The van der Waals surface area contributed by atoms with Gasteiger partial charge in [0.1, 0.15) is 5.52 Å². The van der Waals surface area contributed by atoms with Crippen LogP contribution in [0.1, 0.15) is 0 Å². The van der Waals surface area contributed by atoms with Crippen molar-refractivity contribution in [2.45, 2.75) is 0 Å². The molecule has 2 rings (SSSR count). The van der Waals surface area contributed by atoms with Crippen LogP contribution in [-0.2, 0) is 4.79 Å². The number of fused-ring (bicyclic) bond motifs is 1. The molecule has 0 atom stereocenters. The molecule has 0 fully saturated rings. The van der Waals surface area contributed by atoms with Crippen LogP contribution in [0.4, 0.5) is 5.69 Å². The van der Waals surface area contributed by atoms with Crippen LogP contribution < -0.4 is 5.32 Å². The predicted molar refractivity (Wildman–Crippen MR) is 48.3 cm³/mol. The Morgan fingerprint density at radius 1 is 1.57 bits per heavy atom. The average molecular weight is 187 g/mol. The molecule has 2 aromatic rings. The van der Waals surface area contributed by atoms with Gasteiger partial charge in [0, 0.05) is 11.8 Å². The Morgan fingerprint density at radius 2 is 2.43 bits per heavy atom. The number of hydrogen-bond donors (Lipinski definition) is 1. The quantitative estimate of drug-likeness (QED) is 0.682. The fourth-order valence-electron chi connectivity index (χ4n) is 1.09. The van der Waals surface area contributed by atoms with Gasteiger partial charge in [-0.15, -0.1) is 0 Å². The molecular weight excluding hydrogens is 182 g/mol. The molecule has 0 aliphatic rings. The van der Waals surface area contributed by atoms with Crippen LogP contribution in [0.25, 0.3) is 11.1 Å². The molecule has 0 unspecified atom stereocenters. The number of nitrogens with one attached hydrogen (secondary N) is 1. The van der Waals surface area contributed by atoms with Crippen molar-refractivity contribution in [2.75, 3.05) is 5.32 Å². The van der Waals surface area contributed by atoms with E-state index in [0.29, 0.717) is 16.8 Å². The molecule has 1 heterocycles. The minimum atomic E-state index is -0.705. The van der Waals surface area contributed by atoms with E-state index < -0.39 is 5.91 Å². The van der Waals surface area contributed by atoms with E-state index in [-0.39, 0.29) is 0 Å². The number of hydrogen-bond acceptors (Lipinski definition) is 4. The lowest BCUT2D eigenvalue weighted by Crippen LogP contribution is -2.07. The van der Waals surface area contributed by atoms with E-state index >= 15 is 0 Å². The van der Waals surface area contributed by atoms with Crippen molar-refractivity contribution >= 4 is 22.7 Å². The third-order valence-corrected chi connectivity index (χ3v) is 1.69. The number of nitriles is 1. The Labute approximate surface area is 79.0 Å². The summed E-state index contributed by atoms with van der Waals surface area (Å²) >= 11 is 0. The third kappa shape index (κ3) is 1.41. The lowest BCUT2D eigenvalue weighted by Gasteiger charge is -1.97. The molecule has 0 spiro atoms. The predicted octanol–water partition coefficient (Wildman–Crippen LogP) is 1.29. The van der Waals surface area contributed by atoms with Gasteiger partial charge in [0.2, 0.25) is 0 Å². The molecule has 0 saturated heterocycles. The van der Waals surface area contributed by atoms with Gasteiger partial charge in [-0.25, -0.2) is 4.98 Å². The molecule has 14 heavy (non-hydrogen) atoms. The van der Waals surface area contributed by atoms with Crippen LogP contribution in [0.5, 0.6) is 0 Å². The maximum absolute atomic E-state index is 10.7. The zero-order valence-electron chi connectivity index (χ0n) is 7.02. The fourth-order valence-corrected chi connectivity index (χ4v) is 1.09. The SMILES string of the molecule is N#CC(=O)Nc1ccc2ncoc2c1. The molecule has 1 N–H and O–H groups in total. The van der Waals surface area contributed by atoms with Crippen LogP contribution >= 0.6 is 0 Å². The van der Waals surface area contributed by atoms with Crippen molar-refractivity contribution in [1.82, 2.24) is 4.98 Å². The normalized spacial score (nSPS) is 9.64. The second kappa shape index (κ2) is 3.18. The van der Waals surface area contributed by atoms with Crippen molar-refractivity contribution in [1.29, 1.82) is 5.26 Å². The lowest BCUT2D eigenvalue weighted by molar-refractivity contribution is -0.111. The van der Waals surface area contributed by atoms with Gasteiger partial charge in [0.05, 0.1) is 0 Å². The van der Waals surface area contributed by atoms with Gasteiger partial charge >= 0.3 is 5.91 Å². The number of carbonyl (C=O) groups excluding carboxylic acids is 1. The zero-order chi connectivity index (χ0) is 9.97. The molecule has 5 nitrogen and oxygen atoms in total. The van der Waals surface area contributed by atoms with Gasteiger partial charge < -0.3 is 9.73 Å². The van der Waals surface area contributed by atoms with Crippen molar-refractivity contribution in [3.05, 3.63) is 24.6 Å². The molecule has 0 aliphatic heterocycles. The van der Waals surface area contributed by atoms with Gasteiger partial charge in [-0.1, -0.05) is 0 Å². The number of rotatable bonds is 1. The smallest absolute Gasteiger partial charge is 0.326 e. The first-order valence-electron chi connectivity index (χ1n) is 3.84. The minimum Gasteiger partial charge on any atom is -0.443 e. The summed E-state index contributed by atoms with van der Waals surface area (Å²) in [5.41, 5.74) is 1.79. The number of anilines is 1. The van der Waals surface area contributed by atoms with Crippen LogP contribution in [0.2, 0.25) is 0 Å². The Bertz CT molecular complexity index is 524. The second-order valence-corrected chi connectivity index (χ2v) is 2.60. The molecule has 0 saturated carbocycles. The van der Waals surface area contributed by atoms with E-state index in [4.69, 9.17) is 9.68 Å². The zero-order valence-corrected chi connectivity index (χ0v) is 7.02. The van der Waals surface area contributed by atoms with Crippen molar-refractivity contribution < 1.29 is 9.21 Å². The van der Waals surface area contributed by atoms with Crippen LogP contribution in [0, 0.1) is 11.3 Å². The Kier molecular flexibility index (Phi) is 1.88. The summed E-state index contributed by atoms with van der Waals surface area (Å²) < 4.78 is 5.03. The monoisotopic (exact) mass is 187 g/mol. The molecule has 0 bridgehead atoms. The minimum absolute atomic E-state index is 0.515. The van der Waals surface area contributed by atoms with Gasteiger partial charge in [0.25, 0.3) is 0 Å². The maximum atomic E-state index is 10.7. The molecule has 5 heteroatoms. The van der Waals surface area contributed by atoms with Crippen LogP contribution in [-0.4, -0.2) is 10.9 Å². The molecule has 0 aliphatic carbocycles. The summed E-state index contributed by atoms with van der Waals surface area (Å²) in [4.78, 5) is 14.7. The largest absolute Gasteiger partial charge is 0.443 e. The first kappa shape index (κ1) is 8.26. The van der Waals surface area contributed by atoms with Crippen LogP contribution in [0.15, 0.2) is 29.0 Å². The summed E-state index contributed by atoms with van der Waals surface area (Å²) in [6.07, 6.45) is 1.32. The van der Waals surface area contributed by atoms with Gasteiger partial charge in [0.15, 0.2) is 18.0 Å². The van der Waals surface area contributed by atoms with E-state index in [1.165, 1.54) is 12.5 Å². The highest BCUT2D eigenvalue weighted by Crippen LogP contribution is 2.17. The summed E-state index contributed by atoms with van der Waals surface area (Å²) in [5.74, 6) is -0.705. The first-order valence-corrected chi connectivity index (χ1v) is 3.84. The van der Waals surface area contributed by atoms with Gasteiger partial charge in [-0.2, -0.15) is 5.26 Å². The lowest BCUT2D eigenvalue weighted by atomic mass is 10.3. The molecule has 0 radical (unpaired) electrons. The number of aromatic nitrogens is 1. The first-order chi connectivity index (χ1) is 6.79. The molecule has 1 amide bonds. The highest BCUT2D eigenvalue weighted by molar-refractivity contribution is 6.02. The Hall–Kier alpha value is -2.35. The van der Waals surface area contributed by atoms with E-state index in [9.17, 15) is 4.79 Å². The van der Waals surface area contributed by atoms with Crippen molar-refractivity contribution in [3.63, 3.8) is 0 Å². The summed E-state index contributed by atoms with van der Waals surface area (Å²) in [6, 6.07) is 6.42. The molecule has 68 valence electrons. The number of nitrogens with zero attached hydrogens (tertiary/aromatic N) is 2. The maximum Gasteiger partial charge on any atom is 0.326 e. The Morgan fingerprint density at radius 3 is 3.21 bits per heavy atom. The highest BCUT2D eigenvalue weighted by atomic mass is 16.3. The highest BCUT2D eigenvalue weighted by Gasteiger charge is 2.02.